The molecule has 1 amide bonds. The van der Waals surface area contributed by atoms with Gasteiger partial charge in [0, 0.05) is 24.2 Å². The molecule has 0 radical (unpaired) electrons. The lowest BCUT2D eigenvalue weighted by Gasteiger charge is -2.31. The van der Waals surface area contributed by atoms with E-state index >= 15 is 0 Å². The van der Waals surface area contributed by atoms with Gasteiger partial charge in [-0.25, -0.2) is 4.68 Å². The average Bonchev–Trinajstić information content (AvgIpc) is 3.03. The first kappa shape index (κ1) is 18.0. The minimum absolute atomic E-state index is 0.0217. The van der Waals surface area contributed by atoms with Gasteiger partial charge in [-0.15, -0.1) is 5.10 Å². The number of amides is 1. The molecule has 3 aromatic rings. The Morgan fingerprint density at radius 1 is 1.19 bits per heavy atom. The van der Waals surface area contributed by atoms with Gasteiger partial charge in [-0.05, 0) is 36.6 Å². The molecule has 3 rings (SSSR count). The molecule has 0 saturated carbocycles. The zero-order valence-electron chi connectivity index (χ0n) is 15.5. The van der Waals surface area contributed by atoms with Gasteiger partial charge in [0.15, 0.2) is 0 Å². The molecular formula is C20H25N5O. The number of nitrogens with zero attached hydrogens (tertiary/aromatic N) is 4. The third-order valence-corrected chi connectivity index (χ3v) is 4.33. The Kier molecular flexibility index (Phi) is 5.30. The molecule has 0 aliphatic heterocycles. The van der Waals surface area contributed by atoms with Crippen molar-refractivity contribution < 1.29 is 4.79 Å². The first-order chi connectivity index (χ1) is 12.4. The molecule has 6 heteroatoms. The monoisotopic (exact) mass is 351 g/mol. The first-order valence-electron chi connectivity index (χ1n) is 8.93. The quantitative estimate of drug-likeness (QED) is 0.737. The van der Waals surface area contributed by atoms with Gasteiger partial charge < -0.3 is 5.32 Å². The van der Waals surface area contributed by atoms with Crippen molar-refractivity contribution >= 4 is 16.9 Å². The summed E-state index contributed by atoms with van der Waals surface area (Å²) in [5.74, 6) is 0.0217. The summed E-state index contributed by atoms with van der Waals surface area (Å²) in [6, 6.07) is 11.7. The Balaban J connectivity index is 1.68. The largest absolute Gasteiger partial charge is 0.334 e. The number of carbonyl (C=O) groups is 1. The van der Waals surface area contributed by atoms with Gasteiger partial charge in [-0.3, -0.25) is 9.78 Å². The van der Waals surface area contributed by atoms with E-state index in [-0.39, 0.29) is 17.5 Å². The second-order valence-electron chi connectivity index (χ2n) is 7.57. The molecule has 1 aromatic carbocycles. The summed E-state index contributed by atoms with van der Waals surface area (Å²) in [4.78, 5) is 16.6. The Bertz CT molecular complexity index is 867. The lowest BCUT2D eigenvalue weighted by Crippen LogP contribution is -2.41. The molecule has 0 aliphatic rings. The highest BCUT2D eigenvalue weighted by Crippen LogP contribution is 2.30. The van der Waals surface area contributed by atoms with Crippen LogP contribution in [0.1, 0.15) is 45.3 Å². The number of para-hydroxylation sites is 1. The summed E-state index contributed by atoms with van der Waals surface area (Å²) in [7, 11) is 0. The molecule has 6 nitrogen and oxygen atoms in total. The molecule has 0 bridgehead atoms. The van der Waals surface area contributed by atoms with Crippen LogP contribution >= 0.6 is 0 Å². The third kappa shape index (κ3) is 4.25. The SMILES string of the molecule is CC(C)(C)C(NC(=O)CCCc1cccnc1)n1nnc2ccccc21. The van der Waals surface area contributed by atoms with Crippen LogP contribution in [0.15, 0.2) is 48.8 Å². The fourth-order valence-electron chi connectivity index (χ4n) is 2.95. The maximum atomic E-state index is 12.5. The molecule has 0 fully saturated rings. The van der Waals surface area contributed by atoms with Crippen LogP contribution in [0.25, 0.3) is 11.0 Å². The van der Waals surface area contributed by atoms with Crippen molar-refractivity contribution in [2.75, 3.05) is 0 Å². The molecule has 1 unspecified atom stereocenters. The van der Waals surface area contributed by atoms with E-state index in [1.807, 2.05) is 47.3 Å². The topological polar surface area (TPSA) is 72.7 Å². The summed E-state index contributed by atoms with van der Waals surface area (Å²) in [6.07, 6.45) is 5.43. The van der Waals surface area contributed by atoms with Crippen LogP contribution < -0.4 is 5.32 Å². The van der Waals surface area contributed by atoms with E-state index < -0.39 is 0 Å². The highest BCUT2D eigenvalue weighted by Gasteiger charge is 2.30. The van der Waals surface area contributed by atoms with Crippen LogP contribution in [0.4, 0.5) is 0 Å². The van der Waals surface area contributed by atoms with E-state index in [1.165, 1.54) is 0 Å². The van der Waals surface area contributed by atoms with Gasteiger partial charge in [0.2, 0.25) is 5.91 Å². The van der Waals surface area contributed by atoms with Crippen LogP contribution in [0, 0.1) is 5.41 Å². The van der Waals surface area contributed by atoms with E-state index in [2.05, 4.69) is 41.4 Å². The number of hydrogen-bond acceptors (Lipinski definition) is 4. The molecule has 26 heavy (non-hydrogen) atoms. The number of rotatable bonds is 6. The van der Waals surface area contributed by atoms with Crippen LogP contribution in [-0.4, -0.2) is 25.9 Å². The van der Waals surface area contributed by atoms with E-state index in [0.717, 1.165) is 29.4 Å². The van der Waals surface area contributed by atoms with Crippen LogP contribution in [0.2, 0.25) is 0 Å². The number of benzene rings is 1. The second kappa shape index (κ2) is 7.64. The minimum Gasteiger partial charge on any atom is -0.334 e. The second-order valence-corrected chi connectivity index (χ2v) is 7.57. The average molecular weight is 351 g/mol. The van der Waals surface area contributed by atoms with Gasteiger partial charge in [0.1, 0.15) is 11.7 Å². The number of nitrogens with one attached hydrogen (secondary N) is 1. The van der Waals surface area contributed by atoms with Gasteiger partial charge in [-0.2, -0.15) is 0 Å². The minimum atomic E-state index is -0.263. The zero-order valence-corrected chi connectivity index (χ0v) is 15.5. The van der Waals surface area contributed by atoms with Crippen molar-refractivity contribution in [2.45, 2.75) is 46.2 Å². The fourth-order valence-corrected chi connectivity index (χ4v) is 2.95. The number of aryl methyl sites for hydroxylation is 1. The summed E-state index contributed by atoms with van der Waals surface area (Å²) in [5, 5.41) is 11.6. The summed E-state index contributed by atoms with van der Waals surface area (Å²) < 4.78 is 1.81. The van der Waals surface area contributed by atoms with Crippen molar-refractivity contribution in [1.29, 1.82) is 0 Å². The van der Waals surface area contributed by atoms with Crippen LogP contribution in [0.3, 0.4) is 0 Å². The van der Waals surface area contributed by atoms with E-state index in [4.69, 9.17) is 0 Å². The highest BCUT2D eigenvalue weighted by molar-refractivity contribution is 5.77. The van der Waals surface area contributed by atoms with Crippen molar-refractivity contribution in [3.63, 3.8) is 0 Å². The highest BCUT2D eigenvalue weighted by atomic mass is 16.1. The Morgan fingerprint density at radius 3 is 2.73 bits per heavy atom. The van der Waals surface area contributed by atoms with Gasteiger partial charge in [0.05, 0.1) is 5.52 Å². The predicted molar refractivity (Wildman–Crippen MR) is 101 cm³/mol. The standard InChI is InChI=1S/C20H25N5O/c1-20(2,3)19(25-17-11-5-4-10-16(17)23-24-25)22-18(26)12-6-8-15-9-7-13-21-14-15/h4-5,7,9-11,13-14,19H,6,8,12H2,1-3H3,(H,22,26). The zero-order chi connectivity index (χ0) is 18.6. The normalized spacial score (nSPS) is 12.9. The lowest BCUT2D eigenvalue weighted by molar-refractivity contribution is -0.123. The lowest BCUT2D eigenvalue weighted by atomic mass is 9.92. The van der Waals surface area contributed by atoms with Gasteiger partial charge in [-0.1, -0.05) is 44.2 Å². The smallest absolute Gasteiger partial charge is 0.221 e. The van der Waals surface area contributed by atoms with E-state index in [9.17, 15) is 4.79 Å². The Labute approximate surface area is 153 Å². The van der Waals surface area contributed by atoms with E-state index in [1.54, 1.807) is 6.20 Å². The Morgan fingerprint density at radius 2 is 2.00 bits per heavy atom. The van der Waals surface area contributed by atoms with Crippen molar-refractivity contribution in [2.24, 2.45) is 5.41 Å². The molecule has 136 valence electrons. The molecule has 2 aromatic heterocycles. The fraction of sp³-hybridized carbons (Fsp3) is 0.400. The molecule has 2 heterocycles. The summed E-state index contributed by atoms with van der Waals surface area (Å²) >= 11 is 0. The van der Waals surface area contributed by atoms with Crippen LogP contribution in [-0.2, 0) is 11.2 Å². The van der Waals surface area contributed by atoms with Gasteiger partial charge in [0.25, 0.3) is 0 Å². The maximum absolute atomic E-state index is 12.5. The predicted octanol–water partition coefficient (Wildman–Crippen LogP) is 3.51. The first-order valence-corrected chi connectivity index (χ1v) is 8.93. The number of hydrogen-bond donors (Lipinski definition) is 1. The molecule has 1 N–H and O–H groups in total. The third-order valence-electron chi connectivity index (χ3n) is 4.33. The number of carbonyl (C=O) groups excluding carboxylic acids is 1. The van der Waals surface area contributed by atoms with Crippen molar-refractivity contribution in [3.8, 4) is 0 Å². The number of fused-ring (bicyclic) bond motifs is 1. The number of aromatic nitrogens is 4. The molecule has 0 aliphatic carbocycles. The van der Waals surface area contributed by atoms with E-state index in [0.29, 0.717) is 6.42 Å². The van der Waals surface area contributed by atoms with Crippen LogP contribution in [0.5, 0.6) is 0 Å². The molecule has 0 spiro atoms. The summed E-state index contributed by atoms with van der Waals surface area (Å²) in [5.41, 5.74) is 2.70. The number of pyridine rings is 1. The van der Waals surface area contributed by atoms with Gasteiger partial charge >= 0.3 is 0 Å². The van der Waals surface area contributed by atoms with Crippen molar-refractivity contribution in [1.82, 2.24) is 25.3 Å². The molecule has 0 saturated heterocycles. The molecule has 1 atom stereocenters. The molecular weight excluding hydrogens is 326 g/mol. The maximum Gasteiger partial charge on any atom is 0.221 e. The summed E-state index contributed by atoms with van der Waals surface area (Å²) in [6.45, 7) is 6.26. The Hall–Kier alpha value is -2.76. The van der Waals surface area contributed by atoms with Crippen molar-refractivity contribution in [3.05, 3.63) is 54.4 Å².